The highest BCUT2D eigenvalue weighted by atomic mass is 15.0. The van der Waals surface area contributed by atoms with E-state index in [1.807, 2.05) is 31.3 Å². The van der Waals surface area contributed by atoms with E-state index < -0.39 is 0 Å². The van der Waals surface area contributed by atoms with E-state index in [9.17, 15) is 0 Å². The van der Waals surface area contributed by atoms with E-state index in [2.05, 4.69) is 19.9 Å². The molecular weight excluding hydrogens is 226 g/mol. The number of pyridine rings is 1. The summed E-state index contributed by atoms with van der Waals surface area (Å²) in [6.45, 7) is 2.44. The number of nitrogens with zero attached hydrogens (tertiary/aromatic N) is 3. The molecule has 3 N–H and O–H groups in total. The molecule has 0 aliphatic heterocycles. The van der Waals surface area contributed by atoms with Crippen LogP contribution in [-0.2, 0) is 6.54 Å². The third-order valence-corrected chi connectivity index (χ3v) is 2.91. The van der Waals surface area contributed by atoms with Crippen LogP contribution in [0.2, 0.25) is 0 Å². The second-order valence-electron chi connectivity index (χ2n) is 4.09. The molecular formula is C13H13N5. The molecule has 5 nitrogen and oxygen atoms in total. The lowest BCUT2D eigenvalue weighted by atomic mass is 10.2. The van der Waals surface area contributed by atoms with Crippen LogP contribution in [0.1, 0.15) is 11.3 Å². The lowest BCUT2D eigenvalue weighted by Gasteiger charge is -2.03. The first-order valence-electron chi connectivity index (χ1n) is 5.75. The second-order valence-corrected chi connectivity index (χ2v) is 4.09. The van der Waals surface area contributed by atoms with Crippen molar-refractivity contribution in [3.05, 3.63) is 41.9 Å². The van der Waals surface area contributed by atoms with Crippen LogP contribution in [0.5, 0.6) is 0 Å². The highest BCUT2D eigenvalue weighted by Gasteiger charge is 2.11. The van der Waals surface area contributed by atoms with E-state index in [0.29, 0.717) is 12.4 Å². The highest BCUT2D eigenvalue weighted by molar-refractivity contribution is 5.83. The molecule has 0 saturated carbocycles. The largest absolute Gasteiger partial charge is 0.346 e. The van der Waals surface area contributed by atoms with Gasteiger partial charge in [-0.3, -0.25) is 4.98 Å². The Morgan fingerprint density at radius 3 is 2.89 bits per heavy atom. The number of H-pyrrole nitrogens is 1. The Hall–Kier alpha value is -2.27. The third-order valence-electron chi connectivity index (χ3n) is 2.91. The number of hydrogen-bond donors (Lipinski definition) is 2. The van der Waals surface area contributed by atoms with Gasteiger partial charge in [0.15, 0.2) is 5.82 Å². The second kappa shape index (κ2) is 4.19. The van der Waals surface area contributed by atoms with E-state index in [0.717, 1.165) is 28.0 Å². The summed E-state index contributed by atoms with van der Waals surface area (Å²) in [7, 11) is 0. The Labute approximate surface area is 104 Å². The molecule has 0 unspecified atom stereocenters. The van der Waals surface area contributed by atoms with Crippen LogP contribution >= 0.6 is 0 Å². The minimum Gasteiger partial charge on any atom is -0.346 e. The van der Waals surface area contributed by atoms with Crippen molar-refractivity contribution in [2.24, 2.45) is 5.73 Å². The van der Waals surface area contributed by atoms with Gasteiger partial charge < -0.3 is 10.7 Å². The molecule has 3 heterocycles. The van der Waals surface area contributed by atoms with Crippen molar-refractivity contribution in [3.8, 4) is 11.5 Å². The molecule has 90 valence electrons. The van der Waals surface area contributed by atoms with Gasteiger partial charge in [-0.15, -0.1) is 0 Å². The minimum absolute atomic E-state index is 0.479. The Morgan fingerprint density at radius 1 is 1.28 bits per heavy atom. The first-order valence-corrected chi connectivity index (χ1v) is 5.75. The minimum atomic E-state index is 0.479. The maximum Gasteiger partial charge on any atom is 0.180 e. The summed E-state index contributed by atoms with van der Waals surface area (Å²) in [6.07, 6.45) is 3.62. The van der Waals surface area contributed by atoms with Crippen LogP contribution in [0.25, 0.3) is 22.6 Å². The van der Waals surface area contributed by atoms with Gasteiger partial charge >= 0.3 is 0 Å². The van der Waals surface area contributed by atoms with Gasteiger partial charge in [0.25, 0.3) is 0 Å². The molecule has 3 aromatic heterocycles. The number of aryl methyl sites for hydroxylation is 1. The van der Waals surface area contributed by atoms with E-state index in [-0.39, 0.29) is 0 Å². The average molecular weight is 239 g/mol. The van der Waals surface area contributed by atoms with Crippen molar-refractivity contribution in [2.45, 2.75) is 13.5 Å². The average Bonchev–Trinajstić information content (AvgIpc) is 2.83. The van der Waals surface area contributed by atoms with Crippen molar-refractivity contribution in [1.82, 2.24) is 19.9 Å². The summed E-state index contributed by atoms with van der Waals surface area (Å²) < 4.78 is 0. The fraction of sp³-hybridized carbons (Fsp3) is 0.154. The number of fused-ring (bicyclic) bond motifs is 1. The summed E-state index contributed by atoms with van der Waals surface area (Å²) in [5.74, 6) is 0.631. The van der Waals surface area contributed by atoms with Crippen LogP contribution < -0.4 is 5.73 Å². The van der Waals surface area contributed by atoms with Crippen molar-refractivity contribution >= 4 is 11.0 Å². The Balaban J connectivity index is 2.23. The smallest absolute Gasteiger partial charge is 0.180 e. The van der Waals surface area contributed by atoms with Crippen LogP contribution in [-0.4, -0.2) is 19.9 Å². The molecule has 0 aliphatic rings. The van der Waals surface area contributed by atoms with E-state index in [1.165, 1.54) is 0 Å². The van der Waals surface area contributed by atoms with Gasteiger partial charge in [0.1, 0.15) is 11.3 Å². The summed E-state index contributed by atoms with van der Waals surface area (Å²) in [4.78, 5) is 16.4. The molecule has 0 spiro atoms. The number of rotatable bonds is 2. The van der Waals surface area contributed by atoms with E-state index >= 15 is 0 Å². The number of aromatic amines is 1. The first-order chi connectivity index (χ1) is 8.79. The third kappa shape index (κ3) is 1.65. The van der Waals surface area contributed by atoms with Gasteiger partial charge in [-0.1, -0.05) is 6.07 Å². The molecule has 0 radical (unpaired) electrons. The molecule has 3 aromatic rings. The van der Waals surface area contributed by atoms with Crippen molar-refractivity contribution in [2.75, 3.05) is 0 Å². The normalized spacial score (nSPS) is 11.0. The molecule has 18 heavy (non-hydrogen) atoms. The first kappa shape index (κ1) is 10.9. The molecule has 0 saturated heterocycles. The van der Waals surface area contributed by atoms with Gasteiger partial charge in [0.05, 0.1) is 5.69 Å². The Morgan fingerprint density at radius 2 is 2.17 bits per heavy atom. The van der Waals surface area contributed by atoms with Crippen LogP contribution in [0.4, 0.5) is 0 Å². The molecule has 5 heteroatoms. The quantitative estimate of drug-likeness (QED) is 0.714. The van der Waals surface area contributed by atoms with Crippen molar-refractivity contribution < 1.29 is 0 Å². The van der Waals surface area contributed by atoms with Crippen LogP contribution in [0, 0.1) is 6.92 Å². The summed E-state index contributed by atoms with van der Waals surface area (Å²) >= 11 is 0. The molecule has 0 fully saturated rings. The fourth-order valence-corrected chi connectivity index (χ4v) is 2.06. The molecule has 0 atom stereocenters. The van der Waals surface area contributed by atoms with Crippen molar-refractivity contribution in [3.63, 3.8) is 0 Å². The van der Waals surface area contributed by atoms with Crippen LogP contribution in [0.15, 0.2) is 30.6 Å². The Kier molecular flexibility index (Phi) is 2.53. The Bertz CT molecular complexity index is 687. The van der Waals surface area contributed by atoms with E-state index in [4.69, 9.17) is 5.73 Å². The van der Waals surface area contributed by atoms with Gasteiger partial charge in [0, 0.05) is 24.3 Å². The maximum absolute atomic E-state index is 5.69. The zero-order chi connectivity index (χ0) is 12.5. The predicted molar refractivity (Wildman–Crippen MR) is 69.7 cm³/mol. The van der Waals surface area contributed by atoms with Gasteiger partial charge in [-0.25, -0.2) is 9.97 Å². The van der Waals surface area contributed by atoms with E-state index in [1.54, 1.807) is 6.20 Å². The maximum atomic E-state index is 5.69. The van der Waals surface area contributed by atoms with Crippen LogP contribution in [0.3, 0.4) is 0 Å². The lowest BCUT2D eigenvalue weighted by molar-refractivity contribution is 1.07. The highest BCUT2D eigenvalue weighted by Crippen LogP contribution is 2.22. The zero-order valence-electron chi connectivity index (χ0n) is 10.0. The SMILES string of the molecule is Cc1nc(-c2ccccn2)nc2[nH]cc(CN)c12. The van der Waals surface area contributed by atoms with Gasteiger partial charge in [-0.05, 0) is 24.6 Å². The lowest BCUT2D eigenvalue weighted by Crippen LogP contribution is -1.98. The summed E-state index contributed by atoms with van der Waals surface area (Å²) in [5, 5.41) is 1.01. The van der Waals surface area contributed by atoms with Gasteiger partial charge in [0.2, 0.25) is 0 Å². The standard InChI is InChI=1S/C13H13N5/c1-8-11-9(6-14)7-16-13(11)18-12(17-8)10-4-2-3-5-15-10/h2-5,7H,6,14H2,1H3,(H,16,17,18). The fourth-order valence-electron chi connectivity index (χ4n) is 2.06. The zero-order valence-corrected chi connectivity index (χ0v) is 10.0. The molecule has 3 rings (SSSR count). The number of hydrogen-bond acceptors (Lipinski definition) is 4. The predicted octanol–water partition coefficient (Wildman–Crippen LogP) is 1.79. The monoisotopic (exact) mass is 239 g/mol. The molecule has 0 amide bonds. The molecule has 0 aromatic carbocycles. The number of nitrogens with two attached hydrogens (primary N) is 1. The summed E-state index contributed by atoms with van der Waals surface area (Å²) in [6, 6.07) is 5.69. The summed E-state index contributed by atoms with van der Waals surface area (Å²) in [5.41, 5.74) is 9.23. The number of nitrogens with one attached hydrogen (secondary N) is 1. The molecule has 0 aliphatic carbocycles. The number of aromatic nitrogens is 4. The van der Waals surface area contributed by atoms with Gasteiger partial charge in [-0.2, -0.15) is 0 Å². The topological polar surface area (TPSA) is 80.5 Å². The molecule has 0 bridgehead atoms. The van der Waals surface area contributed by atoms with Crippen molar-refractivity contribution in [1.29, 1.82) is 0 Å².